The highest BCUT2D eigenvalue weighted by Gasteiger charge is 2.08. The van der Waals surface area contributed by atoms with Gasteiger partial charge in [0.05, 0.1) is 24.2 Å². The van der Waals surface area contributed by atoms with E-state index in [0.29, 0.717) is 23.1 Å². The molecule has 1 aromatic heterocycles. The molecule has 0 saturated heterocycles. The molecule has 2 aromatic rings. The van der Waals surface area contributed by atoms with Crippen molar-refractivity contribution in [1.29, 1.82) is 0 Å². The van der Waals surface area contributed by atoms with Gasteiger partial charge in [0.25, 0.3) is 0 Å². The van der Waals surface area contributed by atoms with E-state index >= 15 is 0 Å². The van der Waals surface area contributed by atoms with Crippen LogP contribution in [0.5, 0.6) is 17.4 Å². The first-order valence-corrected chi connectivity index (χ1v) is 5.52. The molecule has 0 fully saturated rings. The minimum atomic E-state index is 0.465. The molecule has 5 heteroatoms. The van der Waals surface area contributed by atoms with E-state index in [4.69, 9.17) is 15.2 Å². The molecule has 0 bridgehead atoms. The molecular weight excluding hydrogens is 230 g/mol. The Labute approximate surface area is 106 Å². The van der Waals surface area contributed by atoms with E-state index in [1.165, 1.54) is 0 Å². The zero-order chi connectivity index (χ0) is 13.1. The first kappa shape index (κ1) is 12.2. The predicted octanol–water partition coefficient (Wildman–Crippen LogP) is 2.48. The second-order valence-electron chi connectivity index (χ2n) is 3.91. The van der Waals surface area contributed by atoms with Gasteiger partial charge in [0.2, 0.25) is 5.88 Å². The zero-order valence-electron chi connectivity index (χ0n) is 10.6. The first-order chi connectivity index (χ1) is 8.60. The lowest BCUT2D eigenvalue weighted by molar-refractivity contribution is 0.412. The van der Waals surface area contributed by atoms with Gasteiger partial charge in [-0.3, -0.25) is 4.98 Å². The Bertz CT molecular complexity index is 570. The third-order valence-electron chi connectivity index (χ3n) is 2.46. The SMILES string of the molecule is COc1ccc(Oc2nc(C)cnc2C)c(N)c1. The fourth-order valence-electron chi connectivity index (χ4n) is 1.46. The number of nitrogens with zero attached hydrogens (tertiary/aromatic N) is 2. The molecule has 0 aliphatic rings. The van der Waals surface area contributed by atoms with Gasteiger partial charge >= 0.3 is 0 Å². The number of nitrogens with two attached hydrogens (primary N) is 1. The lowest BCUT2D eigenvalue weighted by Crippen LogP contribution is -1.98. The van der Waals surface area contributed by atoms with Gasteiger partial charge in [0.1, 0.15) is 5.75 Å². The van der Waals surface area contributed by atoms with Gasteiger partial charge in [-0.15, -0.1) is 0 Å². The van der Waals surface area contributed by atoms with E-state index in [-0.39, 0.29) is 0 Å². The molecule has 1 heterocycles. The summed E-state index contributed by atoms with van der Waals surface area (Å²) in [5, 5.41) is 0. The summed E-state index contributed by atoms with van der Waals surface area (Å²) in [5.74, 6) is 1.69. The van der Waals surface area contributed by atoms with Crippen LogP contribution in [0.4, 0.5) is 5.69 Å². The summed E-state index contributed by atoms with van der Waals surface area (Å²) in [7, 11) is 1.59. The van der Waals surface area contributed by atoms with Crippen molar-refractivity contribution in [3.63, 3.8) is 0 Å². The third-order valence-corrected chi connectivity index (χ3v) is 2.46. The number of ether oxygens (including phenoxy) is 2. The molecule has 0 unspecified atom stereocenters. The number of benzene rings is 1. The largest absolute Gasteiger partial charge is 0.497 e. The van der Waals surface area contributed by atoms with Crippen molar-refractivity contribution in [2.24, 2.45) is 0 Å². The Balaban J connectivity index is 2.31. The average Bonchev–Trinajstić information content (AvgIpc) is 2.36. The van der Waals surface area contributed by atoms with Crippen molar-refractivity contribution in [2.45, 2.75) is 13.8 Å². The number of hydrogen-bond acceptors (Lipinski definition) is 5. The van der Waals surface area contributed by atoms with Gasteiger partial charge in [-0.25, -0.2) is 4.98 Å². The molecule has 0 aliphatic heterocycles. The van der Waals surface area contributed by atoms with Crippen LogP contribution in [-0.4, -0.2) is 17.1 Å². The summed E-state index contributed by atoms with van der Waals surface area (Å²) in [6.45, 7) is 3.69. The van der Waals surface area contributed by atoms with E-state index < -0.39 is 0 Å². The number of hydrogen-bond donors (Lipinski definition) is 1. The topological polar surface area (TPSA) is 70.3 Å². The molecule has 18 heavy (non-hydrogen) atoms. The molecule has 94 valence electrons. The highest BCUT2D eigenvalue weighted by atomic mass is 16.5. The summed E-state index contributed by atoms with van der Waals surface area (Å²) in [6, 6.07) is 5.23. The van der Waals surface area contributed by atoms with Gasteiger partial charge in [-0.1, -0.05) is 0 Å². The van der Waals surface area contributed by atoms with Crippen LogP contribution in [0.3, 0.4) is 0 Å². The fraction of sp³-hybridized carbons (Fsp3) is 0.231. The van der Waals surface area contributed by atoms with Crippen molar-refractivity contribution >= 4 is 5.69 Å². The lowest BCUT2D eigenvalue weighted by atomic mass is 10.3. The van der Waals surface area contributed by atoms with Crippen molar-refractivity contribution < 1.29 is 9.47 Å². The van der Waals surface area contributed by atoms with Gasteiger partial charge in [-0.2, -0.15) is 0 Å². The second-order valence-corrected chi connectivity index (χ2v) is 3.91. The smallest absolute Gasteiger partial charge is 0.241 e. The number of aryl methyl sites for hydroxylation is 2. The van der Waals surface area contributed by atoms with Crippen molar-refractivity contribution in [3.8, 4) is 17.4 Å². The Morgan fingerprint density at radius 3 is 2.67 bits per heavy atom. The summed E-state index contributed by atoms with van der Waals surface area (Å²) in [6.07, 6.45) is 1.69. The van der Waals surface area contributed by atoms with Crippen molar-refractivity contribution in [3.05, 3.63) is 35.8 Å². The Hall–Kier alpha value is -2.30. The lowest BCUT2D eigenvalue weighted by Gasteiger charge is -2.10. The van der Waals surface area contributed by atoms with Crippen LogP contribution < -0.4 is 15.2 Å². The second kappa shape index (κ2) is 4.91. The molecule has 0 radical (unpaired) electrons. The molecule has 0 amide bonds. The molecular formula is C13H15N3O2. The van der Waals surface area contributed by atoms with E-state index in [9.17, 15) is 0 Å². The highest BCUT2D eigenvalue weighted by molar-refractivity contribution is 5.57. The number of aromatic nitrogens is 2. The van der Waals surface area contributed by atoms with Gasteiger partial charge < -0.3 is 15.2 Å². The van der Waals surface area contributed by atoms with Crippen LogP contribution >= 0.6 is 0 Å². The van der Waals surface area contributed by atoms with Crippen LogP contribution in [0.2, 0.25) is 0 Å². The summed E-state index contributed by atoms with van der Waals surface area (Å²) >= 11 is 0. The molecule has 0 aliphatic carbocycles. The number of nitrogen functional groups attached to an aromatic ring is 1. The van der Waals surface area contributed by atoms with Crippen LogP contribution in [0.1, 0.15) is 11.4 Å². The van der Waals surface area contributed by atoms with Crippen molar-refractivity contribution in [1.82, 2.24) is 9.97 Å². The van der Waals surface area contributed by atoms with E-state index in [1.807, 2.05) is 13.8 Å². The average molecular weight is 245 g/mol. The van der Waals surface area contributed by atoms with Crippen LogP contribution in [0, 0.1) is 13.8 Å². The predicted molar refractivity (Wildman–Crippen MR) is 69.0 cm³/mol. The Morgan fingerprint density at radius 1 is 1.22 bits per heavy atom. The summed E-state index contributed by atoms with van der Waals surface area (Å²) < 4.78 is 10.7. The van der Waals surface area contributed by atoms with E-state index in [1.54, 1.807) is 31.5 Å². The number of anilines is 1. The zero-order valence-corrected chi connectivity index (χ0v) is 10.6. The van der Waals surface area contributed by atoms with Crippen molar-refractivity contribution in [2.75, 3.05) is 12.8 Å². The molecule has 0 spiro atoms. The standard InChI is InChI=1S/C13H15N3O2/c1-8-7-15-9(2)13(16-8)18-12-5-4-10(17-3)6-11(12)14/h4-7H,14H2,1-3H3. The molecule has 1 aromatic carbocycles. The minimum absolute atomic E-state index is 0.465. The summed E-state index contributed by atoms with van der Waals surface area (Å²) in [4.78, 5) is 8.47. The third kappa shape index (κ3) is 2.51. The molecule has 0 saturated carbocycles. The molecule has 0 atom stereocenters. The van der Waals surface area contributed by atoms with Gasteiger partial charge in [0, 0.05) is 12.3 Å². The first-order valence-electron chi connectivity index (χ1n) is 5.52. The Kier molecular flexibility index (Phi) is 3.32. The van der Waals surface area contributed by atoms with Gasteiger partial charge in [-0.05, 0) is 26.0 Å². The van der Waals surface area contributed by atoms with Crippen LogP contribution in [0.25, 0.3) is 0 Å². The molecule has 2 rings (SSSR count). The highest BCUT2D eigenvalue weighted by Crippen LogP contribution is 2.30. The molecule has 5 nitrogen and oxygen atoms in total. The normalized spacial score (nSPS) is 10.2. The van der Waals surface area contributed by atoms with E-state index in [2.05, 4.69) is 9.97 Å². The monoisotopic (exact) mass is 245 g/mol. The van der Waals surface area contributed by atoms with Crippen LogP contribution in [0.15, 0.2) is 24.4 Å². The van der Waals surface area contributed by atoms with E-state index in [0.717, 1.165) is 11.4 Å². The molecule has 2 N–H and O–H groups in total. The number of rotatable bonds is 3. The fourth-order valence-corrected chi connectivity index (χ4v) is 1.46. The number of methoxy groups -OCH3 is 1. The maximum atomic E-state index is 5.88. The van der Waals surface area contributed by atoms with Gasteiger partial charge in [0.15, 0.2) is 5.75 Å². The minimum Gasteiger partial charge on any atom is -0.497 e. The Morgan fingerprint density at radius 2 is 2.00 bits per heavy atom. The van der Waals surface area contributed by atoms with Crippen LogP contribution in [-0.2, 0) is 0 Å². The maximum Gasteiger partial charge on any atom is 0.241 e. The summed E-state index contributed by atoms with van der Waals surface area (Å²) in [5.41, 5.74) is 7.89. The maximum absolute atomic E-state index is 5.88. The quantitative estimate of drug-likeness (QED) is 0.841.